The summed E-state index contributed by atoms with van der Waals surface area (Å²) in [5.41, 5.74) is -0.487. The lowest BCUT2D eigenvalue weighted by Crippen LogP contribution is -2.34. The Morgan fingerprint density at radius 1 is 1.32 bits per heavy atom. The fourth-order valence-electron chi connectivity index (χ4n) is 2.04. The molecule has 0 fully saturated rings. The molecule has 1 amide bonds. The lowest BCUT2D eigenvalue weighted by Gasteiger charge is -2.14. The molecule has 1 atom stereocenters. The number of carbonyl (C=O) groups excluding carboxylic acids is 2. The first kappa shape index (κ1) is 18.5. The third-order valence-electron chi connectivity index (χ3n) is 3.29. The Kier molecular flexibility index (Phi) is 6.13. The largest absolute Gasteiger partial charge is 0.454 e. The Morgan fingerprint density at radius 3 is 2.76 bits per heavy atom. The zero-order valence-electron chi connectivity index (χ0n) is 13.3. The zero-order chi connectivity index (χ0) is 18.4. The average Bonchev–Trinajstić information content (AvgIpc) is 2.55. The van der Waals surface area contributed by atoms with Crippen LogP contribution >= 0.6 is 11.6 Å². The number of aromatic nitrogens is 2. The van der Waals surface area contributed by atoms with Gasteiger partial charge in [0.05, 0.1) is 6.04 Å². The van der Waals surface area contributed by atoms with E-state index in [1.165, 1.54) is 6.20 Å². The van der Waals surface area contributed by atoms with Gasteiger partial charge in [0, 0.05) is 17.3 Å². The summed E-state index contributed by atoms with van der Waals surface area (Å²) < 4.78 is 5.79. The lowest BCUT2D eigenvalue weighted by molar-refractivity contribution is -0.149. The van der Waals surface area contributed by atoms with Gasteiger partial charge in [-0.05, 0) is 24.6 Å². The molecule has 0 aliphatic heterocycles. The van der Waals surface area contributed by atoms with Gasteiger partial charge in [0.1, 0.15) is 6.54 Å². The maximum atomic E-state index is 11.8. The Bertz CT molecular complexity index is 890. The highest BCUT2D eigenvalue weighted by Gasteiger charge is 2.13. The molecule has 0 bridgehead atoms. The molecule has 9 heteroatoms. The van der Waals surface area contributed by atoms with Gasteiger partial charge in [-0.2, -0.15) is 0 Å². The molecule has 2 aromatic rings. The minimum Gasteiger partial charge on any atom is -0.454 e. The standard InChI is InChI=1S/C16H16ClN3O5/c1-10(11-3-2-4-12(17)7-11)18-14(22)9-25-15(23)8-20-6-5-13(21)19-16(20)24/h2-7,10H,8-9H2,1H3,(H,18,22)(H,19,21,24)/t10-/m0/s1. The number of benzene rings is 1. The number of nitrogens with one attached hydrogen (secondary N) is 2. The van der Waals surface area contributed by atoms with Crippen molar-refractivity contribution in [3.8, 4) is 0 Å². The molecule has 0 saturated carbocycles. The number of hydrogen-bond donors (Lipinski definition) is 2. The van der Waals surface area contributed by atoms with Gasteiger partial charge in [-0.15, -0.1) is 0 Å². The zero-order valence-corrected chi connectivity index (χ0v) is 14.1. The average molecular weight is 366 g/mol. The molecule has 8 nitrogen and oxygen atoms in total. The van der Waals surface area contributed by atoms with E-state index in [1.807, 2.05) is 11.1 Å². The highest BCUT2D eigenvalue weighted by atomic mass is 35.5. The maximum absolute atomic E-state index is 11.8. The number of rotatable bonds is 6. The molecule has 2 rings (SSSR count). The molecular weight excluding hydrogens is 350 g/mol. The van der Waals surface area contributed by atoms with Crippen LogP contribution in [-0.4, -0.2) is 28.0 Å². The summed E-state index contributed by atoms with van der Waals surface area (Å²) in [6.07, 6.45) is 1.17. The molecule has 0 unspecified atom stereocenters. The van der Waals surface area contributed by atoms with Crippen LogP contribution in [0.25, 0.3) is 0 Å². The van der Waals surface area contributed by atoms with Crippen molar-refractivity contribution in [1.82, 2.24) is 14.9 Å². The van der Waals surface area contributed by atoms with Crippen molar-refractivity contribution in [2.45, 2.75) is 19.5 Å². The highest BCUT2D eigenvalue weighted by Crippen LogP contribution is 2.17. The predicted molar refractivity (Wildman–Crippen MR) is 90.3 cm³/mol. The predicted octanol–water partition coefficient (Wildman–Crippen LogP) is 0.611. The number of amides is 1. The van der Waals surface area contributed by atoms with Crippen LogP contribution in [0.5, 0.6) is 0 Å². The van der Waals surface area contributed by atoms with E-state index in [2.05, 4.69) is 5.32 Å². The summed E-state index contributed by atoms with van der Waals surface area (Å²) in [4.78, 5) is 47.9. The Hall–Kier alpha value is -2.87. The molecule has 1 heterocycles. The molecule has 25 heavy (non-hydrogen) atoms. The number of nitrogens with zero attached hydrogens (tertiary/aromatic N) is 1. The van der Waals surface area contributed by atoms with Gasteiger partial charge in [0.15, 0.2) is 6.61 Å². The van der Waals surface area contributed by atoms with Crippen molar-refractivity contribution in [2.75, 3.05) is 6.61 Å². The van der Waals surface area contributed by atoms with E-state index >= 15 is 0 Å². The SMILES string of the molecule is C[C@H](NC(=O)COC(=O)Cn1ccc(=O)[nH]c1=O)c1cccc(Cl)c1. The van der Waals surface area contributed by atoms with E-state index in [0.717, 1.165) is 16.2 Å². The van der Waals surface area contributed by atoms with Crippen molar-refractivity contribution in [3.05, 3.63) is 68.0 Å². The van der Waals surface area contributed by atoms with E-state index in [-0.39, 0.29) is 6.04 Å². The van der Waals surface area contributed by atoms with Crippen LogP contribution in [0.1, 0.15) is 18.5 Å². The smallest absolute Gasteiger partial charge is 0.328 e. The minimum atomic E-state index is -0.778. The van der Waals surface area contributed by atoms with Crippen molar-refractivity contribution in [2.24, 2.45) is 0 Å². The number of halogens is 1. The quantitative estimate of drug-likeness (QED) is 0.729. The number of aromatic amines is 1. The summed E-state index contributed by atoms with van der Waals surface area (Å²) >= 11 is 5.90. The van der Waals surface area contributed by atoms with Crippen molar-refractivity contribution in [3.63, 3.8) is 0 Å². The molecule has 0 aliphatic rings. The molecule has 0 radical (unpaired) electrons. The number of H-pyrrole nitrogens is 1. The van der Waals surface area contributed by atoms with E-state index in [0.29, 0.717) is 5.02 Å². The fourth-order valence-corrected chi connectivity index (χ4v) is 2.24. The normalized spacial score (nSPS) is 11.6. The number of ether oxygens (including phenoxy) is 1. The van der Waals surface area contributed by atoms with Crippen LogP contribution in [0.3, 0.4) is 0 Å². The molecule has 0 spiro atoms. The Morgan fingerprint density at radius 2 is 2.08 bits per heavy atom. The van der Waals surface area contributed by atoms with Crippen LogP contribution in [0.4, 0.5) is 0 Å². The van der Waals surface area contributed by atoms with Gasteiger partial charge >= 0.3 is 11.7 Å². The van der Waals surface area contributed by atoms with E-state index in [9.17, 15) is 19.2 Å². The fraction of sp³-hybridized carbons (Fsp3) is 0.250. The third kappa shape index (κ3) is 5.61. The van der Waals surface area contributed by atoms with Crippen LogP contribution in [0.15, 0.2) is 46.1 Å². The molecular formula is C16H16ClN3O5. The second-order valence-corrected chi connectivity index (χ2v) is 5.68. The first-order valence-electron chi connectivity index (χ1n) is 7.35. The van der Waals surface area contributed by atoms with Crippen LogP contribution in [0.2, 0.25) is 5.02 Å². The summed E-state index contributed by atoms with van der Waals surface area (Å²) in [5.74, 6) is -1.27. The second-order valence-electron chi connectivity index (χ2n) is 5.24. The summed E-state index contributed by atoms with van der Waals surface area (Å²) in [5, 5.41) is 3.22. The monoisotopic (exact) mass is 365 g/mol. The van der Waals surface area contributed by atoms with Gasteiger partial charge in [0.25, 0.3) is 11.5 Å². The highest BCUT2D eigenvalue weighted by molar-refractivity contribution is 6.30. The van der Waals surface area contributed by atoms with E-state index in [1.54, 1.807) is 25.1 Å². The summed E-state index contributed by atoms with van der Waals surface area (Å²) in [6, 6.07) is 7.81. The van der Waals surface area contributed by atoms with Gasteiger partial charge in [-0.1, -0.05) is 23.7 Å². The molecule has 2 N–H and O–H groups in total. The first-order valence-corrected chi connectivity index (χ1v) is 7.73. The minimum absolute atomic E-state index is 0.313. The molecule has 1 aromatic carbocycles. The van der Waals surface area contributed by atoms with Crippen molar-refractivity contribution in [1.29, 1.82) is 0 Å². The maximum Gasteiger partial charge on any atom is 0.328 e. The Labute approximate surface area is 147 Å². The van der Waals surface area contributed by atoms with Gasteiger partial charge in [-0.3, -0.25) is 23.9 Å². The summed E-state index contributed by atoms with van der Waals surface area (Å²) in [7, 11) is 0. The summed E-state index contributed by atoms with van der Waals surface area (Å²) in [6.45, 7) is 0.875. The second kappa shape index (κ2) is 8.29. The van der Waals surface area contributed by atoms with Crippen molar-refractivity contribution < 1.29 is 14.3 Å². The molecule has 0 saturated heterocycles. The van der Waals surface area contributed by atoms with Crippen LogP contribution in [0, 0.1) is 0 Å². The van der Waals surface area contributed by atoms with Crippen LogP contribution in [-0.2, 0) is 20.9 Å². The number of esters is 1. The molecule has 1 aromatic heterocycles. The number of carbonyl (C=O) groups is 2. The van der Waals surface area contributed by atoms with Gasteiger partial charge < -0.3 is 10.1 Å². The lowest BCUT2D eigenvalue weighted by atomic mass is 10.1. The molecule has 0 aliphatic carbocycles. The third-order valence-corrected chi connectivity index (χ3v) is 3.52. The van der Waals surface area contributed by atoms with E-state index < -0.39 is 36.3 Å². The van der Waals surface area contributed by atoms with Gasteiger partial charge in [0.2, 0.25) is 0 Å². The van der Waals surface area contributed by atoms with E-state index in [4.69, 9.17) is 16.3 Å². The van der Waals surface area contributed by atoms with Gasteiger partial charge in [-0.25, -0.2) is 4.79 Å². The molecule has 132 valence electrons. The van der Waals surface area contributed by atoms with Crippen LogP contribution < -0.4 is 16.6 Å². The van der Waals surface area contributed by atoms with Crippen molar-refractivity contribution >= 4 is 23.5 Å². The number of hydrogen-bond acceptors (Lipinski definition) is 5. The Balaban J connectivity index is 1.84. The topological polar surface area (TPSA) is 110 Å². The first-order chi connectivity index (χ1) is 11.8.